The topological polar surface area (TPSA) is 3.24 Å². The molecule has 1 aliphatic heterocycles. The van der Waals surface area contributed by atoms with Gasteiger partial charge in [0, 0.05) is 6.54 Å². The van der Waals surface area contributed by atoms with Gasteiger partial charge in [0.25, 0.3) is 0 Å². The Balaban J connectivity index is 1.86. The van der Waals surface area contributed by atoms with E-state index in [1.54, 1.807) is 12.1 Å². The third kappa shape index (κ3) is 3.40. The zero-order chi connectivity index (χ0) is 12.1. The molecular weight excluding hydrogens is 213 g/mol. The average molecular weight is 233 g/mol. The molecule has 2 rings (SSSR count). The summed E-state index contributed by atoms with van der Waals surface area (Å²) >= 11 is 0. The average Bonchev–Trinajstić information content (AvgIpc) is 2.38. The van der Waals surface area contributed by atoms with E-state index >= 15 is 0 Å². The van der Waals surface area contributed by atoms with Gasteiger partial charge in [0.1, 0.15) is 5.82 Å². The van der Waals surface area contributed by atoms with E-state index in [-0.39, 0.29) is 5.82 Å². The van der Waals surface area contributed by atoms with Crippen LogP contribution in [-0.4, -0.2) is 24.5 Å². The van der Waals surface area contributed by atoms with E-state index in [1.165, 1.54) is 18.4 Å². The lowest BCUT2D eigenvalue weighted by atomic mass is 9.89. The summed E-state index contributed by atoms with van der Waals surface area (Å²) in [7, 11) is 0. The Kier molecular flexibility index (Phi) is 4.32. The predicted molar refractivity (Wildman–Crippen MR) is 69.6 cm³/mol. The number of hydrogen-bond acceptors (Lipinski definition) is 1. The van der Waals surface area contributed by atoms with E-state index in [2.05, 4.69) is 11.5 Å². The molecule has 0 aliphatic carbocycles. The maximum atomic E-state index is 12.8. The van der Waals surface area contributed by atoms with Gasteiger partial charge in [-0.1, -0.05) is 18.2 Å². The highest BCUT2D eigenvalue weighted by atomic mass is 19.1. The minimum atomic E-state index is -0.142. The van der Waals surface area contributed by atoms with Crippen molar-refractivity contribution < 1.29 is 4.39 Å². The summed E-state index contributed by atoms with van der Waals surface area (Å²) in [4.78, 5) is 2.49. The Labute approximate surface area is 103 Å². The summed E-state index contributed by atoms with van der Waals surface area (Å²) in [5, 5.41) is 0. The van der Waals surface area contributed by atoms with Crippen LogP contribution in [0.3, 0.4) is 0 Å². The van der Waals surface area contributed by atoms with Gasteiger partial charge in [0.05, 0.1) is 0 Å². The van der Waals surface area contributed by atoms with Gasteiger partial charge in [-0.05, 0) is 56.0 Å². The van der Waals surface area contributed by atoms with Crippen molar-refractivity contribution in [1.82, 2.24) is 4.90 Å². The second-order valence-electron chi connectivity index (χ2n) is 4.74. The number of likely N-dealkylation sites (tertiary alicyclic amines) is 1. The maximum absolute atomic E-state index is 12.8. The molecule has 0 unspecified atom stereocenters. The van der Waals surface area contributed by atoms with Gasteiger partial charge in [0.2, 0.25) is 0 Å². The van der Waals surface area contributed by atoms with Gasteiger partial charge >= 0.3 is 0 Å². The number of rotatable bonds is 4. The summed E-state index contributed by atoms with van der Waals surface area (Å²) < 4.78 is 12.8. The van der Waals surface area contributed by atoms with Crippen LogP contribution >= 0.6 is 0 Å². The molecule has 0 aromatic heterocycles. The lowest BCUT2D eigenvalue weighted by Gasteiger charge is -2.31. The van der Waals surface area contributed by atoms with Crippen molar-refractivity contribution in [2.24, 2.45) is 0 Å². The van der Waals surface area contributed by atoms with Crippen LogP contribution in [0, 0.1) is 5.82 Å². The molecule has 1 aliphatic rings. The fraction of sp³-hybridized carbons (Fsp3) is 0.467. The van der Waals surface area contributed by atoms with E-state index in [1.807, 2.05) is 18.2 Å². The molecule has 1 aromatic carbocycles. The van der Waals surface area contributed by atoms with Crippen LogP contribution in [0.15, 0.2) is 36.9 Å². The van der Waals surface area contributed by atoms with Crippen LogP contribution in [-0.2, 0) is 0 Å². The van der Waals surface area contributed by atoms with Gasteiger partial charge in [-0.3, -0.25) is 0 Å². The highest BCUT2D eigenvalue weighted by molar-refractivity contribution is 5.21. The van der Waals surface area contributed by atoms with Crippen LogP contribution in [0.4, 0.5) is 4.39 Å². The molecule has 1 nitrogen and oxygen atoms in total. The van der Waals surface area contributed by atoms with Crippen LogP contribution in [0.1, 0.15) is 30.7 Å². The number of nitrogens with zero attached hydrogens (tertiary/aromatic N) is 1. The van der Waals surface area contributed by atoms with Crippen LogP contribution in [0.25, 0.3) is 0 Å². The minimum absolute atomic E-state index is 0.142. The summed E-state index contributed by atoms with van der Waals surface area (Å²) in [6, 6.07) is 7.00. The summed E-state index contributed by atoms with van der Waals surface area (Å²) in [5.74, 6) is 0.466. The van der Waals surface area contributed by atoms with Gasteiger partial charge in [-0.25, -0.2) is 4.39 Å². The third-order valence-corrected chi connectivity index (χ3v) is 3.58. The quantitative estimate of drug-likeness (QED) is 0.718. The number of halogens is 1. The zero-order valence-electron chi connectivity index (χ0n) is 10.2. The van der Waals surface area contributed by atoms with Crippen molar-refractivity contribution in [2.45, 2.75) is 25.2 Å². The molecule has 0 N–H and O–H groups in total. The molecule has 2 heteroatoms. The third-order valence-electron chi connectivity index (χ3n) is 3.58. The minimum Gasteiger partial charge on any atom is -0.303 e. The van der Waals surface area contributed by atoms with E-state index in [0.717, 1.165) is 26.1 Å². The highest BCUT2D eigenvalue weighted by Crippen LogP contribution is 2.27. The Morgan fingerprint density at radius 3 is 2.47 bits per heavy atom. The van der Waals surface area contributed by atoms with Crippen molar-refractivity contribution in [3.63, 3.8) is 0 Å². The lowest BCUT2D eigenvalue weighted by molar-refractivity contribution is 0.216. The number of piperidine rings is 1. The molecule has 1 saturated heterocycles. The van der Waals surface area contributed by atoms with Crippen LogP contribution in [0.2, 0.25) is 0 Å². The van der Waals surface area contributed by atoms with Crippen molar-refractivity contribution in [3.8, 4) is 0 Å². The van der Waals surface area contributed by atoms with Gasteiger partial charge in [-0.15, -0.1) is 6.58 Å². The second kappa shape index (κ2) is 5.97. The van der Waals surface area contributed by atoms with Gasteiger partial charge in [0.15, 0.2) is 0 Å². The van der Waals surface area contributed by atoms with E-state index in [4.69, 9.17) is 0 Å². The monoisotopic (exact) mass is 233 g/mol. The largest absolute Gasteiger partial charge is 0.303 e. The summed E-state index contributed by atoms with van der Waals surface area (Å²) in [6.45, 7) is 7.18. The van der Waals surface area contributed by atoms with Crippen molar-refractivity contribution in [2.75, 3.05) is 19.6 Å². The first-order valence-corrected chi connectivity index (χ1v) is 6.38. The Bertz CT molecular complexity index is 350. The molecule has 92 valence electrons. The smallest absolute Gasteiger partial charge is 0.123 e. The van der Waals surface area contributed by atoms with Crippen molar-refractivity contribution in [3.05, 3.63) is 48.3 Å². The fourth-order valence-corrected chi connectivity index (χ4v) is 2.50. The van der Waals surface area contributed by atoms with E-state index in [0.29, 0.717) is 5.92 Å². The van der Waals surface area contributed by atoms with Crippen molar-refractivity contribution in [1.29, 1.82) is 0 Å². The first kappa shape index (κ1) is 12.3. The molecule has 0 spiro atoms. The molecule has 1 heterocycles. The highest BCUT2D eigenvalue weighted by Gasteiger charge is 2.19. The van der Waals surface area contributed by atoms with Crippen molar-refractivity contribution >= 4 is 0 Å². The van der Waals surface area contributed by atoms with E-state index in [9.17, 15) is 4.39 Å². The zero-order valence-corrected chi connectivity index (χ0v) is 10.2. The first-order chi connectivity index (χ1) is 8.29. The number of benzene rings is 1. The molecule has 0 saturated carbocycles. The normalized spacial score (nSPS) is 18.2. The first-order valence-electron chi connectivity index (χ1n) is 6.38. The number of hydrogen-bond donors (Lipinski definition) is 0. The van der Waals surface area contributed by atoms with Crippen LogP contribution in [0.5, 0.6) is 0 Å². The molecular formula is C15H20FN. The molecule has 0 atom stereocenters. The standard InChI is InChI=1S/C15H20FN/c1-2-3-10-17-11-8-14(9-12-17)13-4-6-15(16)7-5-13/h2,4-7,14H,1,3,8-12H2. The summed E-state index contributed by atoms with van der Waals surface area (Å²) in [5.41, 5.74) is 1.29. The second-order valence-corrected chi connectivity index (χ2v) is 4.74. The molecule has 17 heavy (non-hydrogen) atoms. The molecule has 0 bridgehead atoms. The van der Waals surface area contributed by atoms with Crippen LogP contribution < -0.4 is 0 Å². The SMILES string of the molecule is C=CCCN1CCC(c2ccc(F)cc2)CC1. The molecule has 1 fully saturated rings. The Morgan fingerprint density at radius 1 is 1.24 bits per heavy atom. The van der Waals surface area contributed by atoms with E-state index < -0.39 is 0 Å². The molecule has 1 aromatic rings. The molecule has 0 radical (unpaired) electrons. The van der Waals surface area contributed by atoms with Gasteiger partial charge in [-0.2, -0.15) is 0 Å². The summed E-state index contributed by atoms with van der Waals surface area (Å²) in [6.07, 6.45) is 5.42. The lowest BCUT2D eigenvalue weighted by Crippen LogP contribution is -2.33. The maximum Gasteiger partial charge on any atom is 0.123 e. The fourth-order valence-electron chi connectivity index (χ4n) is 2.50. The predicted octanol–water partition coefficient (Wildman–Crippen LogP) is 3.58. The Morgan fingerprint density at radius 2 is 1.88 bits per heavy atom. The molecule has 0 amide bonds. The van der Waals surface area contributed by atoms with Gasteiger partial charge < -0.3 is 4.90 Å². The Hall–Kier alpha value is -1.15.